The van der Waals surface area contributed by atoms with Gasteiger partial charge in [-0.15, -0.1) is 23.5 Å². The Bertz CT molecular complexity index is 712. The first-order chi connectivity index (χ1) is 10.5. The van der Waals surface area contributed by atoms with E-state index in [9.17, 15) is 19.5 Å². The number of fused-ring (bicyclic) bond motifs is 1. The van der Waals surface area contributed by atoms with Gasteiger partial charge in [-0.3, -0.25) is 14.5 Å². The lowest BCUT2D eigenvalue weighted by Crippen LogP contribution is -2.68. The summed E-state index contributed by atoms with van der Waals surface area (Å²) < 4.78 is 0. The van der Waals surface area contributed by atoms with Crippen molar-refractivity contribution in [1.82, 2.24) is 15.1 Å². The Balaban J connectivity index is 1.81. The van der Waals surface area contributed by atoms with Gasteiger partial charge in [-0.1, -0.05) is 0 Å². The first-order valence-electron chi connectivity index (χ1n) is 6.33. The summed E-state index contributed by atoms with van der Waals surface area (Å²) in [5.41, 5.74) is 6.05. The monoisotopic (exact) mass is 340 g/mol. The predicted octanol–water partition coefficient (Wildman–Crippen LogP) is -0.557. The van der Waals surface area contributed by atoms with Crippen LogP contribution in [0.2, 0.25) is 0 Å². The minimum Gasteiger partial charge on any atom is -0.477 e. The van der Waals surface area contributed by atoms with Gasteiger partial charge in [0.2, 0.25) is 5.91 Å². The van der Waals surface area contributed by atoms with E-state index in [0.717, 1.165) is 0 Å². The SMILES string of the molecule is NC1C(=O)N2C(C(=O)O)=C(CSc3ccc(=O)[nH]n3)CS[C@@H]12. The van der Waals surface area contributed by atoms with E-state index in [2.05, 4.69) is 10.2 Å². The number of hydrogen-bond donors (Lipinski definition) is 3. The third kappa shape index (κ3) is 2.53. The number of hydrogen-bond acceptors (Lipinski definition) is 7. The van der Waals surface area contributed by atoms with Gasteiger partial charge in [-0.05, 0) is 11.6 Å². The van der Waals surface area contributed by atoms with Crippen molar-refractivity contribution >= 4 is 35.4 Å². The van der Waals surface area contributed by atoms with Gasteiger partial charge in [-0.25, -0.2) is 9.89 Å². The molecule has 1 unspecified atom stereocenters. The Morgan fingerprint density at radius 2 is 2.32 bits per heavy atom. The molecule has 4 N–H and O–H groups in total. The molecular weight excluding hydrogens is 328 g/mol. The molecule has 3 rings (SSSR count). The summed E-state index contributed by atoms with van der Waals surface area (Å²) in [7, 11) is 0. The molecule has 1 amide bonds. The van der Waals surface area contributed by atoms with Crippen molar-refractivity contribution in [2.45, 2.75) is 16.4 Å². The van der Waals surface area contributed by atoms with Crippen LogP contribution in [-0.4, -0.2) is 55.0 Å². The van der Waals surface area contributed by atoms with Crippen molar-refractivity contribution < 1.29 is 14.7 Å². The third-order valence-corrected chi connectivity index (χ3v) is 5.72. The molecule has 8 nitrogen and oxygen atoms in total. The molecule has 116 valence electrons. The first kappa shape index (κ1) is 15.1. The number of β-lactam (4-membered cyclic amide) rings is 1. The number of nitrogens with one attached hydrogen (secondary N) is 1. The van der Waals surface area contributed by atoms with Crippen LogP contribution >= 0.6 is 23.5 Å². The zero-order valence-electron chi connectivity index (χ0n) is 11.2. The van der Waals surface area contributed by atoms with Gasteiger partial charge < -0.3 is 10.8 Å². The van der Waals surface area contributed by atoms with Crippen molar-refractivity contribution in [3.63, 3.8) is 0 Å². The number of aromatic amines is 1. The summed E-state index contributed by atoms with van der Waals surface area (Å²) in [6, 6.07) is 2.29. The van der Waals surface area contributed by atoms with Gasteiger partial charge in [0.25, 0.3) is 5.56 Å². The lowest BCUT2D eigenvalue weighted by molar-refractivity contribution is -0.147. The maximum Gasteiger partial charge on any atom is 0.352 e. The number of thioether (sulfide) groups is 2. The molecule has 0 saturated carbocycles. The van der Waals surface area contributed by atoms with E-state index < -0.39 is 12.0 Å². The summed E-state index contributed by atoms with van der Waals surface area (Å²) in [6.45, 7) is 0. The van der Waals surface area contributed by atoms with Gasteiger partial charge in [-0.2, -0.15) is 5.10 Å². The first-order valence-corrected chi connectivity index (χ1v) is 8.36. The number of nitrogens with zero attached hydrogens (tertiary/aromatic N) is 2. The highest BCUT2D eigenvalue weighted by Crippen LogP contribution is 2.40. The van der Waals surface area contributed by atoms with E-state index in [1.807, 2.05) is 0 Å². The van der Waals surface area contributed by atoms with Crippen LogP contribution < -0.4 is 11.3 Å². The average Bonchev–Trinajstić information content (AvgIpc) is 2.52. The van der Waals surface area contributed by atoms with Gasteiger partial charge in [0, 0.05) is 17.6 Å². The predicted molar refractivity (Wildman–Crippen MR) is 81.3 cm³/mol. The van der Waals surface area contributed by atoms with Crippen LogP contribution in [0.15, 0.2) is 33.2 Å². The zero-order chi connectivity index (χ0) is 15.9. The molecule has 2 aliphatic rings. The number of carboxylic acid groups (broad SMARTS) is 1. The van der Waals surface area contributed by atoms with E-state index in [1.165, 1.54) is 34.5 Å². The third-order valence-electron chi connectivity index (χ3n) is 3.34. The Kier molecular flexibility index (Phi) is 3.98. The largest absolute Gasteiger partial charge is 0.477 e. The lowest BCUT2D eigenvalue weighted by atomic mass is 10.0. The fourth-order valence-corrected chi connectivity index (χ4v) is 4.52. The fourth-order valence-electron chi connectivity index (χ4n) is 2.26. The van der Waals surface area contributed by atoms with E-state index in [1.54, 1.807) is 6.07 Å². The maximum atomic E-state index is 11.8. The highest BCUT2D eigenvalue weighted by molar-refractivity contribution is 8.01. The summed E-state index contributed by atoms with van der Waals surface area (Å²) >= 11 is 2.76. The molecule has 1 saturated heterocycles. The van der Waals surface area contributed by atoms with E-state index in [4.69, 9.17) is 5.73 Å². The van der Waals surface area contributed by atoms with Crippen molar-refractivity contribution in [3.05, 3.63) is 33.8 Å². The molecule has 0 aliphatic carbocycles. The highest BCUT2D eigenvalue weighted by atomic mass is 32.2. The molecule has 1 aromatic rings. The second-order valence-corrected chi connectivity index (χ2v) is 6.84. The second-order valence-electron chi connectivity index (χ2n) is 4.74. The summed E-state index contributed by atoms with van der Waals surface area (Å²) in [4.78, 5) is 35.5. The molecule has 0 spiro atoms. The number of rotatable bonds is 4. The van der Waals surface area contributed by atoms with Crippen molar-refractivity contribution in [2.24, 2.45) is 5.73 Å². The molecule has 1 fully saturated rings. The van der Waals surface area contributed by atoms with Crippen molar-refractivity contribution in [2.75, 3.05) is 11.5 Å². The standard InChI is InChI=1S/C12H12N4O4S2/c13-8-10(18)16-9(12(19)20)5(4-22-11(8)16)3-21-7-2-1-6(17)14-15-7/h1-2,8,11H,3-4,13H2,(H,14,17)(H,19,20)/t8?,11-/m0/s1. The van der Waals surface area contributed by atoms with Gasteiger partial charge in [0.1, 0.15) is 22.1 Å². The smallest absolute Gasteiger partial charge is 0.352 e. The lowest BCUT2D eigenvalue weighted by Gasteiger charge is -2.48. The Labute approximate surface area is 133 Å². The number of H-pyrrole nitrogens is 1. The molecule has 2 aliphatic heterocycles. The van der Waals surface area contributed by atoms with Crippen LogP contribution in [0.3, 0.4) is 0 Å². The van der Waals surface area contributed by atoms with Crippen LogP contribution in [0.25, 0.3) is 0 Å². The second kappa shape index (κ2) is 5.78. The number of carboxylic acids is 1. The highest BCUT2D eigenvalue weighted by Gasteiger charge is 2.51. The topological polar surface area (TPSA) is 129 Å². The van der Waals surface area contributed by atoms with Gasteiger partial charge in [0.15, 0.2) is 0 Å². The minimum absolute atomic E-state index is 0.0207. The van der Waals surface area contributed by atoms with Crippen molar-refractivity contribution in [1.29, 1.82) is 0 Å². The number of carbonyl (C=O) groups is 2. The Morgan fingerprint density at radius 3 is 2.95 bits per heavy atom. The summed E-state index contributed by atoms with van der Waals surface area (Å²) in [6.07, 6.45) is 0. The quantitative estimate of drug-likeness (QED) is 0.491. The van der Waals surface area contributed by atoms with E-state index in [0.29, 0.717) is 22.1 Å². The van der Waals surface area contributed by atoms with Crippen LogP contribution in [0.4, 0.5) is 0 Å². The summed E-state index contributed by atoms with van der Waals surface area (Å²) in [5.74, 6) is -0.616. The molecular formula is C12H12N4O4S2. The summed E-state index contributed by atoms with van der Waals surface area (Å²) in [5, 5.41) is 15.9. The van der Waals surface area contributed by atoms with Crippen LogP contribution in [-0.2, 0) is 9.59 Å². The number of carbonyl (C=O) groups excluding carboxylic acids is 1. The van der Waals surface area contributed by atoms with Gasteiger partial charge in [0.05, 0.1) is 0 Å². The molecule has 3 heterocycles. The van der Waals surface area contributed by atoms with Crippen LogP contribution in [0.1, 0.15) is 0 Å². The zero-order valence-corrected chi connectivity index (χ0v) is 12.8. The number of amides is 1. The number of nitrogens with two attached hydrogens (primary N) is 1. The van der Waals surface area contributed by atoms with E-state index >= 15 is 0 Å². The molecule has 1 aromatic heterocycles. The molecule has 2 atom stereocenters. The normalized spacial score (nSPS) is 24.0. The number of aromatic nitrogens is 2. The number of aliphatic carboxylic acids is 1. The average molecular weight is 340 g/mol. The molecule has 10 heteroatoms. The molecule has 0 bridgehead atoms. The van der Waals surface area contributed by atoms with Crippen LogP contribution in [0, 0.1) is 0 Å². The van der Waals surface area contributed by atoms with Crippen molar-refractivity contribution in [3.8, 4) is 0 Å². The molecule has 0 aromatic carbocycles. The molecule has 0 radical (unpaired) electrons. The van der Waals surface area contributed by atoms with E-state index in [-0.39, 0.29) is 22.5 Å². The Morgan fingerprint density at radius 1 is 1.55 bits per heavy atom. The van der Waals surface area contributed by atoms with Gasteiger partial charge >= 0.3 is 5.97 Å². The maximum absolute atomic E-state index is 11.8. The Hall–Kier alpha value is -1.78. The molecule has 22 heavy (non-hydrogen) atoms. The fraction of sp³-hybridized carbons (Fsp3) is 0.333. The minimum atomic E-state index is -1.13. The van der Waals surface area contributed by atoms with Crippen LogP contribution in [0.5, 0.6) is 0 Å².